The highest BCUT2D eigenvalue weighted by Crippen LogP contribution is 2.48. The summed E-state index contributed by atoms with van der Waals surface area (Å²) in [5.74, 6) is 0.830. The molecule has 0 radical (unpaired) electrons. The number of ether oxygens (including phenoxy) is 1. The molecule has 2 aromatic rings. The summed E-state index contributed by atoms with van der Waals surface area (Å²) in [6, 6.07) is 9.81. The van der Waals surface area contributed by atoms with E-state index in [1.165, 1.54) is 0 Å². The maximum Gasteiger partial charge on any atom is 0.123 e. The summed E-state index contributed by atoms with van der Waals surface area (Å²) in [6.45, 7) is 0.965. The van der Waals surface area contributed by atoms with Crippen LogP contribution in [0.1, 0.15) is 23.0 Å². The SMILES string of the molecule is NCC1(C(O)c2sccc2Br)CCOc2ccccc21. The molecule has 0 aliphatic carbocycles. The van der Waals surface area contributed by atoms with Crippen LogP contribution in [0.5, 0.6) is 5.75 Å². The van der Waals surface area contributed by atoms with Gasteiger partial charge in [0.05, 0.1) is 6.61 Å². The highest BCUT2D eigenvalue weighted by molar-refractivity contribution is 9.10. The van der Waals surface area contributed by atoms with Gasteiger partial charge in [0, 0.05) is 26.9 Å². The minimum absolute atomic E-state index is 0.388. The predicted molar refractivity (Wildman–Crippen MR) is 84.3 cm³/mol. The van der Waals surface area contributed by atoms with E-state index < -0.39 is 11.5 Å². The topological polar surface area (TPSA) is 55.5 Å². The molecule has 0 fully saturated rings. The van der Waals surface area contributed by atoms with Crippen molar-refractivity contribution in [2.45, 2.75) is 17.9 Å². The van der Waals surface area contributed by atoms with E-state index in [0.717, 1.165) is 20.7 Å². The van der Waals surface area contributed by atoms with Crippen LogP contribution in [0.25, 0.3) is 0 Å². The molecule has 1 aromatic heterocycles. The second-order valence-electron chi connectivity index (χ2n) is 4.99. The number of rotatable bonds is 3. The number of hydrogen-bond acceptors (Lipinski definition) is 4. The van der Waals surface area contributed by atoms with Gasteiger partial charge < -0.3 is 15.6 Å². The van der Waals surface area contributed by atoms with E-state index in [1.54, 1.807) is 11.3 Å². The van der Waals surface area contributed by atoms with Crippen molar-refractivity contribution in [3.05, 3.63) is 50.6 Å². The third-order valence-electron chi connectivity index (χ3n) is 4.01. The quantitative estimate of drug-likeness (QED) is 0.890. The zero-order valence-corrected chi connectivity index (χ0v) is 13.3. The van der Waals surface area contributed by atoms with Crippen LogP contribution in [0, 0.1) is 0 Å². The first-order valence-electron chi connectivity index (χ1n) is 6.52. The van der Waals surface area contributed by atoms with Gasteiger partial charge in [-0.05, 0) is 39.9 Å². The molecule has 0 saturated heterocycles. The fourth-order valence-electron chi connectivity index (χ4n) is 2.84. The molecule has 3 rings (SSSR count). The van der Waals surface area contributed by atoms with Gasteiger partial charge in [-0.25, -0.2) is 0 Å². The summed E-state index contributed by atoms with van der Waals surface area (Å²) in [5.41, 5.74) is 6.60. The first-order valence-corrected chi connectivity index (χ1v) is 8.19. The standard InChI is InChI=1S/C15H16BrNO2S/c16-11-5-8-20-13(11)14(18)15(9-17)6-7-19-12-4-2-1-3-10(12)15/h1-5,8,14,18H,6-7,9,17H2. The molecule has 20 heavy (non-hydrogen) atoms. The first-order chi connectivity index (χ1) is 9.69. The molecule has 1 aliphatic heterocycles. The summed E-state index contributed by atoms with van der Waals surface area (Å²) in [7, 11) is 0. The van der Waals surface area contributed by atoms with Crippen LogP contribution in [0.4, 0.5) is 0 Å². The molecule has 2 heterocycles. The fourth-order valence-corrected chi connectivity index (χ4v) is 4.53. The Bertz CT molecular complexity index is 615. The fraction of sp³-hybridized carbons (Fsp3) is 0.333. The van der Waals surface area contributed by atoms with Crippen molar-refractivity contribution < 1.29 is 9.84 Å². The zero-order chi connectivity index (χ0) is 14.2. The number of para-hydroxylation sites is 1. The lowest BCUT2D eigenvalue weighted by Gasteiger charge is -2.41. The Labute approximate surface area is 130 Å². The highest BCUT2D eigenvalue weighted by atomic mass is 79.9. The number of fused-ring (bicyclic) bond motifs is 1. The van der Waals surface area contributed by atoms with Crippen LogP contribution >= 0.6 is 27.3 Å². The van der Waals surface area contributed by atoms with Gasteiger partial charge >= 0.3 is 0 Å². The van der Waals surface area contributed by atoms with Crippen molar-refractivity contribution in [2.75, 3.05) is 13.2 Å². The molecule has 0 amide bonds. The highest BCUT2D eigenvalue weighted by Gasteiger charge is 2.44. The third-order valence-corrected chi connectivity index (χ3v) is 5.93. The molecule has 0 spiro atoms. The Morgan fingerprint density at radius 3 is 2.90 bits per heavy atom. The van der Waals surface area contributed by atoms with Crippen molar-refractivity contribution in [1.29, 1.82) is 0 Å². The Morgan fingerprint density at radius 1 is 1.40 bits per heavy atom. The molecule has 3 N–H and O–H groups in total. The van der Waals surface area contributed by atoms with E-state index in [2.05, 4.69) is 15.9 Å². The molecule has 0 saturated carbocycles. The number of aliphatic hydroxyl groups is 1. The van der Waals surface area contributed by atoms with E-state index in [9.17, 15) is 5.11 Å². The smallest absolute Gasteiger partial charge is 0.123 e. The molecule has 1 aromatic carbocycles. The number of nitrogens with two attached hydrogens (primary N) is 1. The number of thiophene rings is 1. The molecule has 1 aliphatic rings. The first kappa shape index (κ1) is 14.1. The summed E-state index contributed by atoms with van der Waals surface area (Å²) in [4.78, 5) is 0.923. The van der Waals surface area contributed by atoms with Crippen molar-refractivity contribution in [1.82, 2.24) is 0 Å². The van der Waals surface area contributed by atoms with Crippen molar-refractivity contribution in [3.63, 3.8) is 0 Å². The molecule has 2 unspecified atom stereocenters. The van der Waals surface area contributed by atoms with Crippen molar-refractivity contribution in [2.24, 2.45) is 5.73 Å². The normalized spacial score (nSPS) is 22.9. The molecule has 2 atom stereocenters. The lowest BCUT2D eigenvalue weighted by atomic mass is 9.71. The number of aliphatic hydroxyl groups excluding tert-OH is 1. The average Bonchev–Trinajstić information content (AvgIpc) is 2.92. The number of halogens is 1. The van der Waals surface area contributed by atoms with Gasteiger partial charge in [-0.2, -0.15) is 0 Å². The van der Waals surface area contributed by atoms with Gasteiger partial charge in [0.2, 0.25) is 0 Å². The van der Waals surface area contributed by atoms with E-state index in [0.29, 0.717) is 19.6 Å². The summed E-state index contributed by atoms with van der Waals surface area (Å²) in [5, 5.41) is 12.9. The summed E-state index contributed by atoms with van der Waals surface area (Å²) < 4.78 is 6.64. The van der Waals surface area contributed by atoms with E-state index in [1.807, 2.05) is 35.7 Å². The van der Waals surface area contributed by atoms with Crippen LogP contribution in [0.3, 0.4) is 0 Å². The Kier molecular flexibility index (Phi) is 3.86. The molecular formula is C15H16BrNO2S. The minimum Gasteiger partial charge on any atom is -0.493 e. The lowest BCUT2D eigenvalue weighted by molar-refractivity contribution is 0.0557. The molecular weight excluding hydrogens is 338 g/mol. The predicted octanol–water partition coefficient (Wildman–Crippen LogP) is 3.22. The van der Waals surface area contributed by atoms with Gasteiger partial charge in [-0.15, -0.1) is 11.3 Å². The second kappa shape index (κ2) is 5.48. The van der Waals surface area contributed by atoms with Crippen LogP contribution in [-0.4, -0.2) is 18.3 Å². The maximum atomic E-state index is 11.0. The van der Waals surface area contributed by atoms with E-state index >= 15 is 0 Å². The van der Waals surface area contributed by atoms with Gasteiger partial charge in [-0.1, -0.05) is 18.2 Å². The summed E-state index contributed by atoms with van der Waals surface area (Å²) >= 11 is 5.05. The van der Waals surface area contributed by atoms with Crippen LogP contribution in [0.2, 0.25) is 0 Å². The molecule has 106 valence electrons. The van der Waals surface area contributed by atoms with Gasteiger partial charge in [-0.3, -0.25) is 0 Å². The minimum atomic E-state index is -0.632. The Hall–Kier alpha value is -0.880. The molecule has 0 bridgehead atoms. The van der Waals surface area contributed by atoms with Gasteiger partial charge in [0.25, 0.3) is 0 Å². The molecule has 5 heteroatoms. The van der Waals surface area contributed by atoms with Crippen molar-refractivity contribution in [3.8, 4) is 5.75 Å². The largest absolute Gasteiger partial charge is 0.493 e. The van der Waals surface area contributed by atoms with Crippen LogP contribution in [0.15, 0.2) is 40.2 Å². The van der Waals surface area contributed by atoms with Crippen LogP contribution < -0.4 is 10.5 Å². The zero-order valence-electron chi connectivity index (χ0n) is 10.9. The number of benzene rings is 1. The number of hydrogen-bond donors (Lipinski definition) is 2. The Morgan fingerprint density at radius 2 is 2.20 bits per heavy atom. The average molecular weight is 354 g/mol. The monoisotopic (exact) mass is 353 g/mol. The van der Waals surface area contributed by atoms with Gasteiger partial charge in [0.1, 0.15) is 11.9 Å². The van der Waals surface area contributed by atoms with Crippen LogP contribution in [-0.2, 0) is 5.41 Å². The van der Waals surface area contributed by atoms with Gasteiger partial charge in [0.15, 0.2) is 0 Å². The molecule has 3 nitrogen and oxygen atoms in total. The second-order valence-corrected chi connectivity index (χ2v) is 6.79. The van der Waals surface area contributed by atoms with E-state index in [-0.39, 0.29) is 0 Å². The van der Waals surface area contributed by atoms with E-state index in [4.69, 9.17) is 10.5 Å². The van der Waals surface area contributed by atoms with Crippen molar-refractivity contribution >= 4 is 27.3 Å². The lowest BCUT2D eigenvalue weighted by Crippen LogP contribution is -2.44. The Balaban J connectivity index is 2.11. The summed E-state index contributed by atoms with van der Waals surface area (Å²) in [6.07, 6.45) is 0.0818. The maximum absolute atomic E-state index is 11.0. The third kappa shape index (κ3) is 2.09.